The summed E-state index contributed by atoms with van der Waals surface area (Å²) in [7, 11) is 0. The summed E-state index contributed by atoms with van der Waals surface area (Å²) < 4.78 is 20.7. The van der Waals surface area contributed by atoms with Gasteiger partial charge in [-0.05, 0) is 57.8 Å². The van der Waals surface area contributed by atoms with Gasteiger partial charge in [-0.2, -0.15) is 0 Å². The molecule has 0 aliphatic carbocycles. The first kappa shape index (κ1) is 18.4. The molecule has 0 fully saturated rings. The zero-order valence-electron chi connectivity index (χ0n) is 17.0. The van der Waals surface area contributed by atoms with E-state index in [1.54, 1.807) is 6.07 Å². The molecule has 6 rings (SSSR count). The first-order valence-corrected chi connectivity index (χ1v) is 10.3. The van der Waals surface area contributed by atoms with Crippen LogP contribution in [-0.4, -0.2) is 0 Å². The molecule has 0 saturated carbocycles. The van der Waals surface area contributed by atoms with Gasteiger partial charge >= 0.3 is 0 Å². The molecule has 1 heterocycles. The van der Waals surface area contributed by atoms with Crippen LogP contribution in [0.2, 0.25) is 0 Å². The molecular weight excluding hydrogens is 397 g/mol. The zero-order valence-corrected chi connectivity index (χ0v) is 17.0. The molecule has 2 nitrogen and oxygen atoms in total. The maximum Gasteiger partial charge on any atom is 0.188 e. The average Bonchev–Trinajstić information content (AvgIpc) is 3.22. The van der Waals surface area contributed by atoms with E-state index in [-0.39, 0.29) is 5.82 Å². The smallest absolute Gasteiger partial charge is 0.188 e. The van der Waals surface area contributed by atoms with Crippen molar-refractivity contribution in [3.8, 4) is 22.3 Å². The van der Waals surface area contributed by atoms with Crippen LogP contribution in [-0.2, 0) is 0 Å². The number of fused-ring (bicyclic) bond motifs is 4. The van der Waals surface area contributed by atoms with E-state index in [0.717, 1.165) is 49.4 Å². The molecule has 3 heteroatoms. The number of hydrogen-bond acceptors (Lipinski definition) is 1. The van der Waals surface area contributed by atoms with E-state index in [4.69, 9.17) is 11.0 Å². The molecule has 150 valence electrons. The largest absolute Gasteiger partial charge is 0.456 e. The van der Waals surface area contributed by atoms with Crippen molar-refractivity contribution in [3.63, 3.8) is 0 Å². The van der Waals surface area contributed by atoms with E-state index >= 15 is 0 Å². The molecule has 0 bridgehead atoms. The molecule has 0 unspecified atom stereocenters. The van der Waals surface area contributed by atoms with Crippen molar-refractivity contribution < 1.29 is 8.81 Å². The van der Waals surface area contributed by atoms with Crippen molar-refractivity contribution >= 4 is 38.4 Å². The first-order chi connectivity index (χ1) is 15.7. The third kappa shape index (κ3) is 2.78. The fourth-order valence-corrected chi connectivity index (χ4v) is 4.47. The lowest BCUT2D eigenvalue weighted by atomic mass is 9.91. The first-order valence-electron chi connectivity index (χ1n) is 10.3. The summed E-state index contributed by atoms with van der Waals surface area (Å²) in [5, 5.41) is 4.14. The fraction of sp³-hybridized carbons (Fsp3) is 0. The SMILES string of the molecule is [C-]#[N+]c1ccc(F)c(-c2ccc(-c3ccc4oc5ccccc5c4c3)c3ccccc23)c1. The Morgan fingerprint density at radius 3 is 2.09 bits per heavy atom. The Kier molecular flexibility index (Phi) is 4.06. The van der Waals surface area contributed by atoms with E-state index < -0.39 is 0 Å². The second-order valence-corrected chi connectivity index (χ2v) is 7.79. The van der Waals surface area contributed by atoms with Crippen molar-refractivity contribution in [2.45, 2.75) is 0 Å². The predicted octanol–water partition coefficient (Wildman–Crippen LogP) is 8.76. The van der Waals surface area contributed by atoms with Crippen LogP contribution in [0.25, 0.3) is 59.8 Å². The minimum absolute atomic E-state index is 0.332. The minimum Gasteiger partial charge on any atom is -0.456 e. The van der Waals surface area contributed by atoms with Crippen LogP contribution in [0.15, 0.2) is 101 Å². The fourth-order valence-electron chi connectivity index (χ4n) is 4.47. The molecule has 0 aliphatic heterocycles. The van der Waals surface area contributed by atoms with E-state index in [9.17, 15) is 4.39 Å². The Morgan fingerprint density at radius 1 is 0.594 bits per heavy atom. The van der Waals surface area contributed by atoms with Crippen LogP contribution >= 0.6 is 0 Å². The van der Waals surface area contributed by atoms with Crippen LogP contribution in [0, 0.1) is 12.4 Å². The molecular formula is C29H16FNO. The van der Waals surface area contributed by atoms with Gasteiger partial charge in [-0.15, -0.1) is 0 Å². The summed E-state index contributed by atoms with van der Waals surface area (Å²) in [5.74, 6) is -0.332. The monoisotopic (exact) mass is 413 g/mol. The molecule has 6 aromatic rings. The quantitative estimate of drug-likeness (QED) is 0.259. The van der Waals surface area contributed by atoms with Gasteiger partial charge in [-0.3, -0.25) is 0 Å². The average molecular weight is 413 g/mol. The van der Waals surface area contributed by atoms with E-state index in [2.05, 4.69) is 29.1 Å². The van der Waals surface area contributed by atoms with Gasteiger partial charge in [0.25, 0.3) is 0 Å². The molecule has 0 amide bonds. The molecule has 0 saturated heterocycles. The number of benzene rings is 5. The summed E-state index contributed by atoms with van der Waals surface area (Å²) in [4.78, 5) is 3.47. The summed E-state index contributed by atoms with van der Waals surface area (Å²) in [5.41, 5.74) is 5.51. The van der Waals surface area contributed by atoms with Crippen molar-refractivity contribution in [2.24, 2.45) is 0 Å². The Balaban J connectivity index is 1.60. The van der Waals surface area contributed by atoms with Crippen LogP contribution in [0.5, 0.6) is 0 Å². The van der Waals surface area contributed by atoms with Gasteiger partial charge in [0.1, 0.15) is 17.0 Å². The number of furan rings is 1. The topological polar surface area (TPSA) is 17.5 Å². The van der Waals surface area contributed by atoms with Gasteiger partial charge < -0.3 is 4.42 Å². The van der Waals surface area contributed by atoms with Gasteiger partial charge in [-0.25, -0.2) is 9.24 Å². The summed E-state index contributed by atoms with van der Waals surface area (Å²) in [6.45, 7) is 7.29. The lowest BCUT2D eigenvalue weighted by Crippen LogP contribution is -1.89. The highest BCUT2D eigenvalue weighted by molar-refractivity contribution is 6.09. The molecule has 0 atom stereocenters. The predicted molar refractivity (Wildman–Crippen MR) is 128 cm³/mol. The molecule has 1 aromatic heterocycles. The molecule has 0 aliphatic rings. The normalized spacial score (nSPS) is 11.2. The molecule has 0 N–H and O–H groups in total. The van der Waals surface area contributed by atoms with Gasteiger partial charge in [-0.1, -0.05) is 66.7 Å². The number of halogens is 1. The molecule has 0 spiro atoms. The Hall–Kier alpha value is -4.42. The maximum atomic E-state index is 14.7. The van der Waals surface area contributed by atoms with E-state index in [1.807, 2.05) is 54.6 Å². The van der Waals surface area contributed by atoms with Crippen molar-refractivity contribution in [3.05, 3.63) is 114 Å². The second-order valence-electron chi connectivity index (χ2n) is 7.79. The number of rotatable bonds is 2. The highest BCUT2D eigenvalue weighted by Crippen LogP contribution is 2.39. The van der Waals surface area contributed by atoms with Crippen molar-refractivity contribution in [2.75, 3.05) is 0 Å². The molecule has 5 aromatic carbocycles. The lowest BCUT2D eigenvalue weighted by Gasteiger charge is -2.13. The van der Waals surface area contributed by atoms with Gasteiger partial charge in [0.05, 0.1) is 6.57 Å². The van der Waals surface area contributed by atoms with Gasteiger partial charge in [0.2, 0.25) is 0 Å². The van der Waals surface area contributed by atoms with E-state index in [0.29, 0.717) is 11.3 Å². The summed E-state index contributed by atoms with van der Waals surface area (Å²) in [6.07, 6.45) is 0. The lowest BCUT2D eigenvalue weighted by molar-refractivity contribution is 0.632. The van der Waals surface area contributed by atoms with E-state index in [1.165, 1.54) is 12.1 Å². The number of hydrogen-bond donors (Lipinski definition) is 0. The van der Waals surface area contributed by atoms with Crippen molar-refractivity contribution in [1.82, 2.24) is 0 Å². The second kappa shape index (κ2) is 7.08. The Labute approximate surface area is 184 Å². The third-order valence-corrected chi connectivity index (χ3v) is 5.98. The van der Waals surface area contributed by atoms with Gasteiger partial charge in [0, 0.05) is 16.3 Å². The van der Waals surface area contributed by atoms with Crippen LogP contribution in [0.3, 0.4) is 0 Å². The standard InChI is InChI=1S/C29H16FNO/c1-31-19-11-14-27(30)25(17-19)23-13-12-20(21-6-2-3-7-22(21)23)18-10-15-29-26(16-18)24-8-4-5-9-28(24)32-29/h2-17H. The van der Waals surface area contributed by atoms with Crippen LogP contribution in [0.4, 0.5) is 10.1 Å². The number of para-hydroxylation sites is 1. The van der Waals surface area contributed by atoms with Gasteiger partial charge in [0.15, 0.2) is 5.69 Å². The summed E-state index contributed by atoms with van der Waals surface area (Å²) in [6, 6.07) is 30.7. The third-order valence-electron chi connectivity index (χ3n) is 5.98. The zero-order chi connectivity index (χ0) is 21.7. The molecule has 0 radical (unpaired) electrons. The van der Waals surface area contributed by atoms with Crippen LogP contribution < -0.4 is 0 Å². The van der Waals surface area contributed by atoms with Crippen molar-refractivity contribution in [1.29, 1.82) is 0 Å². The summed E-state index contributed by atoms with van der Waals surface area (Å²) >= 11 is 0. The minimum atomic E-state index is -0.332. The Bertz CT molecular complexity index is 1700. The highest BCUT2D eigenvalue weighted by atomic mass is 19.1. The van der Waals surface area contributed by atoms with Crippen LogP contribution in [0.1, 0.15) is 0 Å². The maximum absolute atomic E-state index is 14.7. The highest BCUT2D eigenvalue weighted by Gasteiger charge is 2.14. The number of nitrogens with zero attached hydrogens (tertiary/aromatic N) is 1. The Morgan fingerprint density at radius 2 is 1.28 bits per heavy atom. The molecule has 32 heavy (non-hydrogen) atoms.